The van der Waals surface area contributed by atoms with E-state index in [-0.39, 0.29) is 0 Å². The quantitative estimate of drug-likeness (QED) is 0.283. The number of carbonyl (C=O) groups is 6. The van der Waals surface area contributed by atoms with Crippen LogP contribution in [0.5, 0.6) is 0 Å². The number of carboxylic acid groups (broad SMARTS) is 5. The molecular weight excluding hydrogens is 518 g/mol. The van der Waals surface area contributed by atoms with Gasteiger partial charge in [0, 0.05) is 18.2 Å². The Bertz CT molecular complexity index is 943. The number of nitrogens with two attached hydrogens (primary N) is 1. The van der Waals surface area contributed by atoms with Crippen LogP contribution in [0.25, 0.3) is 0 Å². The fraction of sp³-hybridized carbons (Fsp3) is 0.0769. The second-order valence-electron chi connectivity index (χ2n) is 5.72. The Morgan fingerprint density at radius 1 is 0.641 bits per heavy atom. The Hall–Kier alpha value is -5.72. The lowest BCUT2D eigenvalue weighted by molar-refractivity contribution is -0.132. The van der Waals surface area contributed by atoms with Crippen LogP contribution in [0.3, 0.4) is 0 Å². The third-order valence-electron chi connectivity index (χ3n) is 2.85. The van der Waals surface area contributed by atoms with Gasteiger partial charge in [0.2, 0.25) is 0 Å². The van der Waals surface area contributed by atoms with Gasteiger partial charge in [-0.1, -0.05) is 56.1 Å². The number of benzene rings is 2. The predicted molar refractivity (Wildman–Crippen MR) is 142 cm³/mol. The number of rotatable bonds is 6. The number of hydrogen-bond acceptors (Lipinski definition) is 7. The number of carboxylic acids is 5. The molecule has 13 heteroatoms. The lowest BCUT2D eigenvalue weighted by Gasteiger charge is -1.89. The zero-order valence-electron chi connectivity index (χ0n) is 21.0. The summed E-state index contributed by atoms with van der Waals surface area (Å²) in [6.07, 6.45) is 1.79. The van der Waals surface area contributed by atoms with Crippen LogP contribution < -0.4 is 5.73 Å². The second-order valence-corrected chi connectivity index (χ2v) is 5.72. The topological polar surface area (TPSA) is 239 Å². The van der Waals surface area contributed by atoms with Crippen LogP contribution in [0.4, 0.5) is 4.79 Å². The number of ether oxygens (including phenoxy) is 1. The molecule has 39 heavy (non-hydrogen) atoms. The van der Waals surface area contributed by atoms with Crippen molar-refractivity contribution in [3.8, 4) is 0 Å². The smallest absolute Gasteiger partial charge is 0.404 e. The molecule has 0 saturated carbocycles. The molecule has 0 aliphatic heterocycles. The summed E-state index contributed by atoms with van der Waals surface area (Å²) >= 11 is 0. The molecule has 13 nitrogen and oxygen atoms in total. The summed E-state index contributed by atoms with van der Waals surface area (Å²) < 4.78 is 4.18. The van der Waals surface area contributed by atoms with Crippen LogP contribution in [0, 0.1) is 0 Å². The minimum Gasteiger partial charge on any atom is -0.478 e. The standard InChI is InChI=1S/2C7H6O2.C3H7NO2.3C3H4O2/c2*8-7(9)6-4-2-1-3-5-6;1-2-6-3(4)5;3*1-2-3(4)5/h2*1-5H,(H,8,9);2H2,1H3,(H2,4,5);3*2H,1H2,(H,4,5). The minimum absolute atomic E-state index is 0.331. The van der Waals surface area contributed by atoms with E-state index in [1.807, 2.05) is 0 Å². The Labute approximate surface area is 224 Å². The molecular formula is C26H31NO12. The van der Waals surface area contributed by atoms with Gasteiger partial charge in [-0.2, -0.15) is 0 Å². The monoisotopic (exact) mass is 549 g/mol. The maximum atomic E-state index is 10.2. The van der Waals surface area contributed by atoms with Crippen molar-refractivity contribution in [2.45, 2.75) is 6.92 Å². The molecule has 0 heterocycles. The van der Waals surface area contributed by atoms with Gasteiger partial charge in [0.25, 0.3) is 0 Å². The van der Waals surface area contributed by atoms with Gasteiger partial charge in [0.15, 0.2) is 0 Å². The first-order chi connectivity index (χ1) is 18.2. The first-order valence-electron chi connectivity index (χ1n) is 10.2. The number of carbonyl (C=O) groups excluding carboxylic acids is 1. The largest absolute Gasteiger partial charge is 0.478 e. The molecule has 7 N–H and O–H groups in total. The molecule has 0 aromatic heterocycles. The fourth-order valence-corrected chi connectivity index (χ4v) is 1.30. The lowest BCUT2D eigenvalue weighted by Crippen LogP contribution is -2.11. The maximum absolute atomic E-state index is 10.2. The van der Waals surface area contributed by atoms with Gasteiger partial charge in [-0.05, 0) is 31.2 Å². The molecule has 1 amide bonds. The average molecular weight is 550 g/mol. The molecule has 2 aromatic carbocycles. The Morgan fingerprint density at radius 2 is 0.872 bits per heavy atom. The van der Waals surface area contributed by atoms with Crippen molar-refractivity contribution in [2.75, 3.05) is 6.61 Å². The Balaban J connectivity index is -0.000000193. The van der Waals surface area contributed by atoms with Crippen molar-refractivity contribution in [2.24, 2.45) is 5.73 Å². The van der Waals surface area contributed by atoms with Gasteiger partial charge in [-0.25, -0.2) is 28.8 Å². The van der Waals surface area contributed by atoms with E-state index in [1.165, 1.54) is 0 Å². The van der Waals surface area contributed by atoms with Gasteiger partial charge < -0.3 is 36.0 Å². The molecule has 0 aliphatic rings. The van der Waals surface area contributed by atoms with E-state index in [4.69, 9.17) is 25.5 Å². The summed E-state index contributed by atoms with van der Waals surface area (Å²) in [7, 11) is 0. The van der Waals surface area contributed by atoms with E-state index in [0.717, 1.165) is 18.2 Å². The molecule has 2 aromatic rings. The molecule has 0 bridgehead atoms. The van der Waals surface area contributed by atoms with Crippen LogP contribution in [0.1, 0.15) is 27.6 Å². The molecule has 0 spiro atoms. The predicted octanol–water partition coefficient (Wildman–Crippen LogP) is 3.64. The minimum atomic E-state index is -0.981. The second kappa shape index (κ2) is 28.5. The molecule has 0 aliphatic carbocycles. The van der Waals surface area contributed by atoms with Crippen molar-refractivity contribution in [3.63, 3.8) is 0 Å². The summed E-state index contributed by atoms with van der Waals surface area (Å²) in [5.74, 6) is -4.70. The molecule has 0 unspecified atom stereocenters. The van der Waals surface area contributed by atoms with Crippen LogP contribution in [-0.4, -0.2) is 68.1 Å². The first kappa shape index (κ1) is 40.4. The summed E-state index contributed by atoms with van der Waals surface area (Å²) in [4.78, 5) is 57.8. The van der Waals surface area contributed by atoms with Crippen molar-refractivity contribution in [1.82, 2.24) is 0 Å². The Kier molecular flexibility index (Phi) is 29.6. The van der Waals surface area contributed by atoms with Gasteiger partial charge >= 0.3 is 35.9 Å². The van der Waals surface area contributed by atoms with Gasteiger partial charge in [0.1, 0.15) is 0 Å². The lowest BCUT2D eigenvalue weighted by atomic mass is 10.2. The maximum Gasteiger partial charge on any atom is 0.404 e. The molecule has 212 valence electrons. The van der Waals surface area contributed by atoms with Crippen LogP contribution in [0.2, 0.25) is 0 Å². The zero-order valence-corrected chi connectivity index (χ0v) is 21.0. The van der Waals surface area contributed by atoms with Crippen LogP contribution in [0.15, 0.2) is 98.6 Å². The number of hydrogen-bond donors (Lipinski definition) is 6. The number of aromatic carboxylic acids is 2. The molecule has 0 atom stereocenters. The van der Waals surface area contributed by atoms with E-state index in [2.05, 4.69) is 30.2 Å². The number of amides is 1. The highest BCUT2D eigenvalue weighted by atomic mass is 16.5. The van der Waals surface area contributed by atoms with E-state index in [0.29, 0.717) is 17.7 Å². The summed E-state index contributed by atoms with van der Waals surface area (Å²) in [5, 5.41) is 39.6. The van der Waals surface area contributed by atoms with Gasteiger partial charge in [-0.15, -0.1) is 0 Å². The van der Waals surface area contributed by atoms with E-state index in [9.17, 15) is 28.8 Å². The molecule has 2 rings (SSSR count). The number of primary amides is 1. The van der Waals surface area contributed by atoms with Crippen molar-refractivity contribution < 1.29 is 59.0 Å². The zero-order chi connectivity index (χ0) is 31.2. The van der Waals surface area contributed by atoms with E-state index < -0.39 is 35.9 Å². The van der Waals surface area contributed by atoms with E-state index in [1.54, 1.807) is 67.6 Å². The fourth-order valence-electron chi connectivity index (χ4n) is 1.30. The van der Waals surface area contributed by atoms with Gasteiger partial charge in [0.05, 0.1) is 17.7 Å². The Morgan fingerprint density at radius 3 is 0.949 bits per heavy atom. The first-order valence-corrected chi connectivity index (χ1v) is 10.2. The molecule has 0 fully saturated rings. The van der Waals surface area contributed by atoms with Crippen LogP contribution >= 0.6 is 0 Å². The summed E-state index contributed by atoms with van der Waals surface area (Å²) in [6, 6.07) is 16.6. The molecule has 0 saturated heterocycles. The summed E-state index contributed by atoms with van der Waals surface area (Å²) in [6.45, 7) is 10.9. The molecule has 0 radical (unpaired) electrons. The van der Waals surface area contributed by atoms with Crippen LogP contribution in [-0.2, 0) is 19.1 Å². The van der Waals surface area contributed by atoms with Gasteiger partial charge in [-0.3, -0.25) is 0 Å². The highest BCUT2D eigenvalue weighted by molar-refractivity contribution is 5.87. The normalized spacial score (nSPS) is 7.72. The van der Waals surface area contributed by atoms with Crippen molar-refractivity contribution in [1.29, 1.82) is 0 Å². The highest BCUT2D eigenvalue weighted by Crippen LogP contribution is 1.96. The summed E-state index contributed by atoms with van der Waals surface area (Å²) in [5.41, 5.74) is 5.20. The highest BCUT2D eigenvalue weighted by Gasteiger charge is 1.97. The van der Waals surface area contributed by atoms with Crippen molar-refractivity contribution >= 4 is 35.9 Å². The third-order valence-corrected chi connectivity index (χ3v) is 2.85. The SMILES string of the molecule is C=CC(=O)O.C=CC(=O)O.C=CC(=O)O.CCOC(N)=O.O=C(O)c1ccccc1.O=C(O)c1ccccc1. The average Bonchev–Trinajstić information content (AvgIpc) is 2.91. The number of aliphatic carboxylic acids is 3. The third kappa shape index (κ3) is 39.8. The van der Waals surface area contributed by atoms with Crippen molar-refractivity contribution in [3.05, 3.63) is 110 Å². The van der Waals surface area contributed by atoms with E-state index >= 15 is 0 Å².